The standard InChI is InChI=1S/C12H8N4O4/c17-11-8-3-1-2-4-9(8)13-15-16(11)6-7-5-10(12(18)19)14-20-7/h1-5H,6H2,(H,18,19). The fourth-order valence-corrected chi connectivity index (χ4v) is 1.76. The first-order valence-electron chi connectivity index (χ1n) is 5.66. The zero-order valence-corrected chi connectivity index (χ0v) is 10.1. The summed E-state index contributed by atoms with van der Waals surface area (Å²) in [6.45, 7) is -0.0308. The zero-order valence-electron chi connectivity index (χ0n) is 10.1. The van der Waals surface area contributed by atoms with E-state index in [0.29, 0.717) is 10.9 Å². The molecule has 0 radical (unpaired) electrons. The molecule has 0 unspecified atom stereocenters. The first-order chi connectivity index (χ1) is 9.65. The van der Waals surface area contributed by atoms with Gasteiger partial charge in [0, 0.05) is 6.07 Å². The Morgan fingerprint density at radius 1 is 1.35 bits per heavy atom. The zero-order chi connectivity index (χ0) is 14.1. The number of carboxylic acids is 1. The second-order valence-corrected chi connectivity index (χ2v) is 4.05. The van der Waals surface area contributed by atoms with Crippen LogP contribution in [0.15, 0.2) is 39.6 Å². The van der Waals surface area contributed by atoms with Crippen molar-refractivity contribution >= 4 is 16.9 Å². The van der Waals surface area contributed by atoms with Crippen LogP contribution in [-0.2, 0) is 6.54 Å². The number of benzene rings is 1. The highest BCUT2D eigenvalue weighted by Gasteiger charge is 2.13. The molecule has 3 rings (SSSR count). The molecule has 2 heterocycles. The van der Waals surface area contributed by atoms with Gasteiger partial charge in [0.2, 0.25) is 0 Å². The van der Waals surface area contributed by atoms with E-state index in [-0.39, 0.29) is 23.6 Å². The number of hydrogen-bond acceptors (Lipinski definition) is 6. The number of nitrogens with zero attached hydrogens (tertiary/aromatic N) is 4. The predicted octanol–water partition coefficient (Wildman–Crippen LogP) is 0.526. The molecule has 0 atom stereocenters. The molecular formula is C12H8N4O4. The molecule has 0 aliphatic heterocycles. The van der Waals surface area contributed by atoms with Gasteiger partial charge in [-0.25, -0.2) is 9.48 Å². The number of carbonyl (C=O) groups is 1. The Morgan fingerprint density at radius 2 is 2.15 bits per heavy atom. The van der Waals surface area contributed by atoms with Gasteiger partial charge in [0.05, 0.1) is 5.39 Å². The van der Waals surface area contributed by atoms with Gasteiger partial charge in [-0.2, -0.15) is 0 Å². The lowest BCUT2D eigenvalue weighted by molar-refractivity contribution is 0.0685. The molecule has 1 N–H and O–H groups in total. The third kappa shape index (κ3) is 2.03. The second-order valence-electron chi connectivity index (χ2n) is 4.05. The first kappa shape index (κ1) is 12.0. The molecule has 0 saturated heterocycles. The highest BCUT2D eigenvalue weighted by molar-refractivity contribution is 5.85. The topological polar surface area (TPSA) is 111 Å². The van der Waals surface area contributed by atoms with Crippen molar-refractivity contribution in [2.45, 2.75) is 6.54 Å². The average molecular weight is 272 g/mol. The molecule has 0 saturated carbocycles. The van der Waals surface area contributed by atoms with Crippen LogP contribution in [0, 0.1) is 0 Å². The minimum absolute atomic E-state index is 0.0308. The van der Waals surface area contributed by atoms with Crippen LogP contribution < -0.4 is 5.56 Å². The highest BCUT2D eigenvalue weighted by Crippen LogP contribution is 2.06. The molecule has 0 amide bonds. The molecule has 8 nitrogen and oxygen atoms in total. The predicted molar refractivity (Wildman–Crippen MR) is 66.4 cm³/mol. The van der Waals surface area contributed by atoms with E-state index < -0.39 is 5.97 Å². The summed E-state index contributed by atoms with van der Waals surface area (Å²) in [5.41, 5.74) is -0.0526. The van der Waals surface area contributed by atoms with Gasteiger partial charge in [0.1, 0.15) is 12.1 Å². The molecule has 0 bridgehead atoms. The summed E-state index contributed by atoms with van der Waals surface area (Å²) < 4.78 is 5.93. The van der Waals surface area contributed by atoms with Crippen LogP contribution in [0.4, 0.5) is 0 Å². The minimum Gasteiger partial charge on any atom is -0.476 e. The third-order valence-electron chi connectivity index (χ3n) is 2.71. The molecule has 20 heavy (non-hydrogen) atoms. The van der Waals surface area contributed by atoms with Gasteiger partial charge in [-0.1, -0.05) is 22.5 Å². The minimum atomic E-state index is -1.20. The van der Waals surface area contributed by atoms with Crippen molar-refractivity contribution in [2.24, 2.45) is 0 Å². The van der Waals surface area contributed by atoms with Gasteiger partial charge in [-0.05, 0) is 12.1 Å². The molecule has 100 valence electrons. The maximum absolute atomic E-state index is 12.2. The van der Waals surface area contributed by atoms with Crippen molar-refractivity contribution in [2.75, 3.05) is 0 Å². The van der Waals surface area contributed by atoms with Crippen molar-refractivity contribution in [1.29, 1.82) is 0 Å². The highest BCUT2D eigenvalue weighted by atomic mass is 16.5. The van der Waals surface area contributed by atoms with E-state index in [2.05, 4.69) is 15.5 Å². The number of aromatic carboxylic acids is 1. The van der Waals surface area contributed by atoms with Gasteiger partial charge in [0.25, 0.3) is 5.56 Å². The number of carboxylic acid groups (broad SMARTS) is 1. The lowest BCUT2D eigenvalue weighted by atomic mass is 10.2. The van der Waals surface area contributed by atoms with Crippen LogP contribution in [0.25, 0.3) is 10.9 Å². The Kier molecular flexibility index (Phi) is 2.75. The van der Waals surface area contributed by atoms with Crippen LogP contribution in [-0.4, -0.2) is 31.2 Å². The summed E-state index contributed by atoms with van der Waals surface area (Å²) >= 11 is 0. The molecule has 0 spiro atoms. The van der Waals surface area contributed by atoms with Crippen LogP contribution in [0.2, 0.25) is 0 Å². The summed E-state index contributed by atoms with van der Waals surface area (Å²) in [4.78, 5) is 22.8. The lowest BCUT2D eigenvalue weighted by Crippen LogP contribution is -2.24. The van der Waals surface area contributed by atoms with Gasteiger partial charge >= 0.3 is 5.97 Å². The van der Waals surface area contributed by atoms with E-state index in [9.17, 15) is 9.59 Å². The Morgan fingerprint density at radius 3 is 2.90 bits per heavy atom. The van der Waals surface area contributed by atoms with Gasteiger partial charge in [-0.3, -0.25) is 4.79 Å². The average Bonchev–Trinajstić information content (AvgIpc) is 2.91. The molecule has 0 aliphatic carbocycles. The molecule has 1 aromatic carbocycles. The largest absolute Gasteiger partial charge is 0.476 e. The summed E-state index contributed by atoms with van der Waals surface area (Å²) in [5.74, 6) is -0.981. The monoisotopic (exact) mass is 272 g/mol. The van der Waals surface area contributed by atoms with Crippen LogP contribution in [0.3, 0.4) is 0 Å². The number of rotatable bonds is 3. The van der Waals surface area contributed by atoms with Crippen molar-refractivity contribution in [3.63, 3.8) is 0 Å². The fourth-order valence-electron chi connectivity index (χ4n) is 1.76. The number of hydrogen-bond donors (Lipinski definition) is 1. The Labute approximate surface area is 111 Å². The molecule has 0 fully saturated rings. The first-order valence-corrected chi connectivity index (χ1v) is 5.66. The lowest BCUT2D eigenvalue weighted by Gasteiger charge is -2.01. The van der Waals surface area contributed by atoms with Crippen molar-refractivity contribution < 1.29 is 14.4 Å². The Bertz CT molecular complexity index is 852. The summed E-state index contributed by atoms with van der Waals surface area (Å²) in [6, 6.07) is 8.06. The Balaban J connectivity index is 2.00. The summed E-state index contributed by atoms with van der Waals surface area (Å²) in [6.07, 6.45) is 0. The Hall–Kier alpha value is -3.03. The van der Waals surface area contributed by atoms with Crippen LogP contribution in [0.1, 0.15) is 16.2 Å². The number of fused-ring (bicyclic) bond motifs is 1. The quantitative estimate of drug-likeness (QED) is 0.739. The van der Waals surface area contributed by atoms with E-state index >= 15 is 0 Å². The fraction of sp³-hybridized carbons (Fsp3) is 0.0833. The van der Waals surface area contributed by atoms with Gasteiger partial charge < -0.3 is 9.63 Å². The van der Waals surface area contributed by atoms with Crippen molar-refractivity contribution in [1.82, 2.24) is 20.2 Å². The number of aromatic nitrogens is 4. The molecule has 3 aromatic rings. The van der Waals surface area contributed by atoms with E-state index in [1.807, 2.05) is 0 Å². The molecule has 2 aromatic heterocycles. The normalized spacial score (nSPS) is 10.8. The maximum atomic E-state index is 12.2. The van der Waals surface area contributed by atoms with E-state index in [1.54, 1.807) is 24.3 Å². The molecular weight excluding hydrogens is 264 g/mol. The summed E-state index contributed by atoms with van der Waals surface area (Å²) in [5, 5.41) is 20.2. The molecule has 8 heteroatoms. The van der Waals surface area contributed by atoms with Crippen LogP contribution >= 0.6 is 0 Å². The van der Waals surface area contributed by atoms with Crippen LogP contribution in [0.5, 0.6) is 0 Å². The SMILES string of the molecule is O=C(O)c1cc(Cn2nnc3ccccc3c2=O)on1. The van der Waals surface area contributed by atoms with Gasteiger partial charge in [-0.15, -0.1) is 5.10 Å². The third-order valence-corrected chi connectivity index (χ3v) is 2.71. The van der Waals surface area contributed by atoms with Crippen molar-refractivity contribution in [3.05, 3.63) is 52.1 Å². The summed E-state index contributed by atoms with van der Waals surface area (Å²) in [7, 11) is 0. The van der Waals surface area contributed by atoms with E-state index in [1.165, 1.54) is 6.07 Å². The molecule has 0 aliphatic rings. The van der Waals surface area contributed by atoms with Crippen molar-refractivity contribution in [3.8, 4) is 0 Å². The van der Waals surface area contributed by atoms with E-state index in [4.69, 9.17) is 9.63 Å². The van der Waals surface area contributed by atoms with E-state index in [0.717, 1.165) is 4.68 Å². The smallest absolute Gasteiger partial charge is 0.358 e. The maximum Gasteiger partial charge on any atom is 0.358 e. The second kappa shape index (κ2) is 4.57. The van der Waals surface area contributed by atoms with Gasteiger partial charge in [0.15, 0.2) is 11.5 Å².